The Kier molecular flexibility index (Phi) is 5.35. The summed E-state index contributed by atoms with van der Waals surface area (Å²) in [5.74, 6) is 0.309. The molecule has 1 unspecified atom stereocenters. The van der Waals surface area contributed by atoms with Crippen LogP contribution in [0.15, 0.2) is 28.7 Å². The molecule has 0 saturated heterocycles. The minimum Gasteiger partial charge on any atom is -0.349 e. The van der Waals surface area contributed by atoms with Crippen molar-refractivity contribution in [1.29, 1.82) is 0 Å². The fourth-order valence-corrected chi connectivity index (χ4v) is 2.07. The first-order chi connectivity index (χ1) is 8.37. The standard InChI is InChI=1S/C14H21BrN2O/c1-10(2)14(3,9-16)17-13(18)8-11-5-4-6-12(15)7-11/h4-7,10H,8-9,16H2,1-3H3,(H,17,18). The minimum absolute atomic E-state index is 0.00903. The van der Waals surface area contributed by atoms with E-state index in [0.29, 0.717) is 18.9 Å². The van der Waals surface area contributed by atoms with Gasteiger partial charge in [-0.2, -0.15) is 0 Å². The third kappa shape index (κ3) is 4.10. The molecule has 1 atom stereocenters. The van der Waals surface area contributed by atoms with Gasteiger partial charge in [0.25, 0.3) is 0 Å². The minimum atomic E-state index is -0.344. The Morgan fingerprint density at radius 2 is 2.17 bits per heavy atom. The van der Waals surface area contributed by atoms with Gasteiger partial charge < -0.3 is 11.1 Å². The number of nitrogens with two attached hydrogens (primary N) is 1. The maximum atomic E-state index is 12.0. The van der Waals surface area contributed by atoms with Gasteiger partial charge in [0.05, 0.1) is 12.0 Å². The Morgan fingerprint density at radius 1 is 1.50 bits per heavy atom. The topological polar surface area (TPSA) is 55.1 Å². The fraction of sp³-hybridized carbons (Fsp3) is 0.500. The summed E-state index contributed by atoms with van der Waals surface area (Å²) in [6.07, 6.45) is 0.377. The van der Waals surface area contributed by atoms with E-state index in [1.54, 1.807) is 0 Å². The molecule has 0 fully saturated rings. The predicted molar refractivity (Wildman–Crippen MR) is 78.3 cm³/mol. The van der Waals surface area contributed by atoms with E-state index in [9.17, 15) is 4.79 Å². The van der Waals surface area contributed by atoms with Crippen LogP contribution in [0.5, 0.6) is 0 Å². The van der Waals surface area contributed by atoms with Gasteiger partial charge in [-0.1, -0.05) is 41.9 Å². The summed E-state index contributed by atoms with van der Waals surface area (Å²) in [6, 6.07) is 7.77. The van der Waals surface area contributed by atoms with Crippen LogP contribution in [0.25, 0.3) is 0 Å². The van der Waals surface area contributed by atoms with Crippen molar-refractivity contribution in [2.45, 2.75) is 32.7 Å². The molecule has 0 aliphatic heterocycles. The summed E-state index contributed by atoms with van der Waals surface area (Å²) in [5, 5.41) is 3.03. The van der Waals surface area contributed by atoms with Crippen LogP contribution in [0.4, 0.5) is 0 Å². The quantitative estimate of drug-likeness (QED) is 0.877. The first-order valence-corrected chi connectivity index (χ1v) is 6.92. The molecule has 4 heteroatoms. The number of hydrogen-bond donors (Lipinski definition) is 2. The van der Waals surface area contributed by atoms with Crippen LogP contribution in [0.3, 0.4) is 0 Å². The van der Waals surface area contributed by atoms with Gasteiger partial charge in [0, 0.05) is 11.0 Å². The van der Waals surface area contributed by atoms with Crippen LogP contribution in [0.2, 0.25) is 0 Å². The number of carbonyl (C=O) groups excluding carboxylic acids is 1. The van der Waals surface area contributed by atoms with Crippen molar-refractivity contribution in [3.8, 4) is 0 Å². The van der Waals surface area contributed by atoms with E-state index >= 15 is 0 Å². The second-order valence-electron chi connectivity index (χ2n) is 5.13. The van der Waals surface area contributed by atoms with E-state index in [0.717, 1.165) is 10.0 Å². The average molecular weight is 313 g/mol. The van der Waals surface area contributed by atoms with E-state index in [4.69, 9.17) is 5.73 Å². The lowest BCUT2D eigenvalue weighted by atomic mass is 9.88. The summed E-state index contributed by atoms with van der Waals surface area (Å²) < 4.78 is 0.984. The number of hydrogen-bond acceptors (Lipinski definition) is 2. The van der Waals surface area contributed by atoms with Crippen LogP contribution in [-0.2, 0) is 11.2 Å². The average Bonchev–Trinajstić information content (AvgIpc) is 2.28. The summed E-state index contributed by atoms with van der Waals surface area (Å²) >= 11 is 3.40. The number of rotatable bonds is 5. The summed E-state index contributed by atoms with van der Waals surface area (Å²) in [4.78, 5) is 12.0. The zero-order valence-corrected chi connectivity index (χ0v) is 12.8. The summed E-state index contributed by atoms with van der Waals surface area (Å²) in [7, 11) is 0. The van der Waals surface area contributed by atoms with E-state index in [2.05, 4.69) is 35.1 Å². The molecule has 0 aliphatic carbocycles. The zero-order chi connectivity index (χ0) is 13.8. The van der Waals surface area contributed by atoms with Crippen molar-refractivity contribution in [1.82, 2.24) is 5.32 Å². The maximum absolute atomic E-state index is 12.0. The molecule has 0 radical (unpaired) electrons. The Hall–Kier alpha value is -0.870. The molecule has 3 nitrogen and oxygen atoms in total. The molecule has 0 spiro atoms. The molecule has 1 aromatic carbocycles. The van der Waals surface area contributed by atoms with E-state index in [1.807, 2.05) is 31.2 Å². The predicted octanol–water partition coefficient (Wildman–Crippen LogP) is 2.48. The van der Waals surface area contributed by atoms with Gasteiger partial charge in [-0.3, -0.25) is 4.79 Å². The Labute approximate surface area is 117 Å². The highest BCUT2D eigenvalue weighted by molar-refractivity contribution is 9.10. The van der Waals surface area contributed by atoms with Gasteiger partial charge in [0.2, 0.25) is 5.91 Å². The molecular formula is C14H21BrN2O. The van der Waals surface area contributed by atoms with Crippen LogP contribution < -0.4 is 11.1 Å². The second-order valence-corrected chi connectivity index (χ2v) is 6.05. The molecule has 100 valence electrons. The fourth-order valence-electron chi connectivity index (χ4n) is 1.63. The molecule has 0 heterocycles. The molecule has 0 aliphatic rings. The lowest BCUT2D eigenvalue weighted by Gasteiger charge is -2.33. The third-order valence-electron chi connectivity index (χ3n) is 3.38. The monoisotopic (exact) mass is 312 g/mol. The van der Waals surface area contributed by atoms with Gasteiger partial charge >= 0.3 is 0 Å². The van der Waals surface area contributed by atoms with E-state index < -0.39 is 0 Å². The first-order valence-electron chi connectivity index (χ1n) is 6.13. The SMILES string of the molecule is CC(C)C(C)(CN)NC(=O)Cc1cccc(Br)c1. The van der Waals surface area contributed by atoms with Gasteiger partial charge in [0.1, 0.15) is 0 Å². The molecule has 1 rings (SSSR count). The van der Waals surface area contributed by atoms with Crippen molar-refractivity contribution in [2.24, 2.45) is 11.7 Å². The van der Waals surface area contributed by atoms with Crippen LogP contribution in [0, 0.1) is 5.92 Å². The van der Waals surface area contributed by atoms with Gasteiger partial charge in [-0.25, -0.2) is 0 Å². The lowest BCUT2D eigenvalue weighted by molar-refractivity contribution is -0.122. The normalized spacial score (nSPS) is 14.3. The van der Waals surface area contributed by atoms with Gasteiger partial charge in [-0.05, 0) is 30.5 Å². The lowest BCUT2D eigenvalue weighted by Crippen LogP contribution is -2.55. The van der Waals surface area contributed by atoms with Crippen molar-refractivity contribution in [3.63, 3.8) is 0 Å². The molecule has 3 N–H and O–H groups in total. The summed E-state index contributed by atoms with van der Waals surface area (Å²) in [5.41, 5.74) is 6.40. The molecule has 0 saturated carbocycles. The first kappa shape index (κ1) is 15.2. The summed E-state index contributed by atoms with van der Waals surface area (Å²) in [6.45, 7) is 6.55. The highest BCUT2D eigenvalue weighted by Gasteiger charge is 2.28. The molecule has 1 aromatic rings. The number of carbonyl (C=O) groups is 1. The van der Waals surface area contributed by atoms with E-state index in [1.165, 1.54) is 0 Å². The number of amides is 1. The smallest absolute Gasteiger partial charge is 0.224 e. The third-order valence-corrected chi connectivity index (χ3v) is 3.87. The maximum Gasteiger partial charge on any atom is 0.224 e. The van der Waals surface area contributed by atoms with Crippen molar-refractivity contribution < 1.29 is 4.79 Å². The Bertz CT molecular complexity index is 420. The highest BCUT2D eigenvalue weighted by Crippen LogP contribution is 2.16. The number of nitrogens with one attached hydrogen (secondary N) is 1. The van der Waals surface area contributed by atoms with Crippen LogP contribution in [-0.4, -0.2) is 18.0 Å². The zero-order valence-electron chi connectivity index (χ0n) is 11.2. The molecule has 1 amide bonds. The molecule has 18 heavy (non-hydrogen) atoms. The largest absolute Gasteiger partial charge is 0.349 e. The number of benzene rings is 1. The Balaban J connectivity index is 2.67. The van der Waals surface area contributed by atoms with E-state index in [-0.39, 0.29) is 11.4 Å². The second kappa shape index (κ2) is 6.34. The van der Waals surface area contributed by atoms with Crippen molar-refractivity contribution in [3.05, 3.63) is 34.3 Å². The number of halogens is 1. The van der Waals surface area contributed by atoms with Crippen LogP contribution in [0.1, 0.15) is 26.3 Å². The van der Waals surface area contributed by atoms with Gasteiger partial charge in [-0.15, -0.1) is 0 Å². The van der Waals surface area contributed by atoms with Crippen molar-refractivity contribution >= 4 is 21.8 Å². The van der Waals surface area contributed by atoms with Crippen LogP contribution >= 0.6 is 15.9 Å². The molecule has 0 aromatic heterocycles. The van der Waals surface area contributed by atoms with Gasteiger partial charge in [0.15, 0.2) is 0 Å². The highest BCUT2D eigenvalue weighted by atomic mass is 79.9. The molecular weight excluding hydrogens is 292 g/mol. The molecule has 0 bridgehead atoms. The van der Waals surface area contributed by atoms with Crippen molar-refractivity contribution in [2.75, 3.05) is 6.54 Å². The Morgan fingerprint density at radius 3 is 2.67 bits per heavy atom.